The third-order valence-corrected chi connectivity index (χ3v) is 3.05. The van der Waals surface area contributed by atoms with Crippen LogP contribution in [0.25, 0.3) is 0 Å². The highest BCUT2D eigenvalue weighted by Gasteiger charge is 2.27. The first kappa shape index (κ1) is 11.7. The Morgan fingerprint density at radius 3 is 2.59 bits per heavy atom. The largest absolute Gasteiger partial charge is 0.324 e. The number of amides is 2. The maximum atomic E-state index is 11.7. The number of carbonyl (C=O) groups excluding carboxylic acids is 1. The molecule has 1 fully saturated rings. The van der Waals surface area contributed by atoms with E-state index in [9.17, 15) is 4.79 Å². The molecule has 3 heteroatoms. The molecule has 0 saturated carbocycles. The standard InChI is InChI=1S/C14H18N2O/c1-12-11-15(2)14(17)16(12)10-6-9-13-7-4-3-5-8-13/h3-5,7-8H,1,6,9-11H2,2H3. The fourth-order valence-corrected chi connectivity index (χ4v) is 2.11. The number of benzene rings is 1. The minimum Gasteiger partial charge on any atom is -0.322 e. The van der Waals surface area contributed by atoms with Crippen molar-refractivity contribution in [3.63, 3.8) is 0 Å². The molecule has 90 valence electrons. The molecule has 17 heavy (non-hydrogen) atoms. The van der Waals surface area contributed by atoms with E-state index in [1.54, 1.807) is 9.80 Å². The molecule has 1 heterocycles. The lowest BCUT2D eigenvalue weighted by Gasteiger charge is -2.16. The van der Waals surface area contributed by atoms with E-state index in [4.69, 9.17) is 0 Å². The Labute approximate surface area is 102 Å². The van der Waals surface area contributed by atoms with E-state index in [1.165, 1.54) is 5.56 Å². The van der Waals surface area contributed by atoms with E-state index in [2.05, 4.69) is 18.7 Å². The fourth-order valence-electron chi connectivity index (χ4n) is 2.11. The van der Waals surface area contributed by atoms with Gasteiger partial charge in [-0.25, -0.2) is 4.79 Å². The molecule has 0 spiro atoms. The number of carbonyl (C=O) groups is 1. The number of hydrogen-bond acceptors (Lipinski definition) is 1. The van der Waals surface area contributed by atoms with E-state index in [-0.39, 0.29) is 6.03 Å². The van der Waals surface area contributed by atoms with Crippen molar-refractivity contribution in [2.45, 2.75) is 12.8 Å². The molecule has 0 atom stereocenters. The van der Waals surface area contributed by atoms with Crippen molar-refractivity contribution in [1.82, 2.24) is 9.80 Å². The van der Waals surface area contributed by atoms with Crippen molar-refractivity contribution in [1.29, 1.82) is 0 Å². The molecule has 1 aliphatic heterocycles. The van der Waals surface area contributed by atoms with E-state index in [0.29, 0.717) is 6.54 Å². The number of rotatable bonds is 4. The molecule has 1 aromatic rings. The van der Waals surface area contributed by atoms with Gasteiger partial charge in [0.2, 0.25) is 0 Å². The number of likely N-dealkylation sites (N-methyl/N-ethyl adjacent to an activating group) is 1. The van der Waals surface area contributed by atoms with Crippen molar-refractivity contribution >= 4 is 6.03 Å². The minimum absolute atomic E-state index is 0.0723. The highest BCUT2D eigenvalue weighted by molar-refractivity contribution is 5.79. The number of hydrogen-bond donors (Lipinski definition) is 0. The van der Waals surface area contributed by atoms with Crippen molar-refractivity contribution in [3.8, 4) is 0 Å². The molecule has 0 aliphatic carbocycles. The van der Waals surface area contributed by atoms with Crippen LogP contribution in [0, 0.1) is 0 Å². The van der Waals surface area contributed by atoms with Gasteiger partial charge in [-0.15, -0.1) is 0 Å². The summed E-state index contributed by atoms with van der Waals surface area (Å²) in [6.45, 7) is 5.34. The van der Waals surface area contributed by atoms with Crippen LogP contribution in [0.4, 0.5) is 4.79 Å². The van der Waals surface area contributed by atoms with Crippen molar-refractivity contribution in [2.75, 3.05) is 20.1 Å². The van der Waals surface area contributed by atoms with E-state index in [0.717, 1.165) is 25.1 Å². The average molecular weight is 230 g/mol. The highest BCUT2D eigenvalue weighted by Crippen LogP contribution is 2.16. The predicted molar refractivity (Wildman–Crippen MR) is 68.6 cm³/mol. The fraction of sp³-hybridized carbons (Fsp3) is 0.357. The Morgan fingerprint density at radius 2 is 2.00 bits per heavy atom. The summed E-state index contributed by atoms with van der Waals surface area (Å²) in [6, 6.07) is 10.4. The number of aryl methyl sites for hydroxylation is 1. The molecule has 1 aliphatic rings. The van der Waals surface area contributed by atoms with Gasteiger partial charge in [0.15, 0.2) is 0 Å². The van der Waals surface area contributed by atoms with Crippen molar-refractivity contribution in [2.24, 2.45) is 0 Å². The van der Waals surface area contributed by atoms with Gasteiger partial charge in [-0.1, -0.05) is 36.9 Å². The van der Waals surface area contributed by atoms with Crippen LogP contribution in [0.15, 0.2) is 42.6 Å². The molecular weight excluding hydrogens is 212 g/mol. The van der Waals surface area contributed by atoms with Crippen LogP contribution in [0.3, 0.4) is 0 Å². The topological polar surface area (TPSA) is 23.6 Å². The first-order valence-electron chi connectivity index (χ1n) is 5.93. The Morgan fingerprint density at radius 1 is 1.29 bits per heavy atom. The third kappa shape index (κ3) is 2.67. The number of nitrogens with zero attached hydrogens (tertiary/aromatic N) is 2. The summed E-state index contributed by atoms with van der Waals surface area (Å²) in [5.41, 5.74) is 2.23. The van der Waals surface area contributed by atoms with Gasteiger partial charge in [0.25, 0.3) is 0 Å². The molecule has 2 rings (SSSR count). The summed E-state index contributed by atoms with van der Waals surface area (Å²) in [6.07, 6.45) is 1.98. The quantitative estimate of drug-likeness (QED) is 0.779. The smallest absolute Gasteiger partial charge is 0.322 e. The minimum atomic E-state index is 0.0723. The molecule has 1 saturated heterocycles. The summed E-state index contributed by atoms with van der Waals surface area (Å²) < 4.78 is 0. The second kappa shape index (κ2) is 5.04. The Kier molecular flexibility index (Phi) is 3.47. The SMILES string of the molecule is C=C1CN(C)C(=O)N1CCCc1ccccc1. The molecular formula is C14H18N2O. The molecule has 0 radical (unpaired) electrons. The van der Waals surface area contributed by atoms with Crippen LogP contribution in [-0.4, -0.2) is 36.0 Å². The lowest BCUT2D eigenvalue weighted by atomic mass is 10.1. The van der Waals surface area contributed by atoms with Gasteiger partial charge in [-0.2, -0.15) is 0 Å². The first-order chi connectivity index (χ1) is 8.18. The van der Waals surface area contributed by atoms with Crippen LogP contribution >= 0.6 is 0 Å². The Bertz CT molecular complexity index is 413. The summed E-state index contributed by atoms with van der Waals surface area (Å²) in [7, 11) is 1.81. The molecule has 2 amide bonds. The van der Waals surface area contributed by atoms with Crippen molar-refractivity contribution in [3.05, 3.63) is 48.2 Å². The second-order valence-electron chi connectivity index (χ2n) is 4.45. The maximum absolute atomic E-state index is 11.7. The third-order valence-electron chi connectivity index (χ3n) is 3.05. The van der Waals surface area contributed by atoms with Crippen LogP contribution in [0.5, 0.6) is 0 Å². The van der Waals surface area contributed by atoms with Crippen LogP contribution in [0.2, 0.25) is 0 Å². The van der Waals surface area contributed by atoms with Gasteiger partial charge >= 0.3 is 6.03 Å². The summed E-state index contributed by atoms with van der Waals surface area (Å²) in [5, 5.41) is 0. The predicted octanol–water partition coefficient (Wildman–Crippen LogP) is 2.50. The van der Waals surface area contributed by atoms with E-state index in [1.807, 2.05) is 25.2 Å². The monoisotopic (exact) mass is 230 g/mol. The summed E-state index contributed by atoms with van der Waals surface area (Å²) >= 11 is 0. The Hall–Kier alpha value is -1.77. The lowest BCUT2D eigenvalue weighted by Crippen LogP contribution is -2.29. The molecule has 0 aromatic heterocycles. The molecule has 0 N–H and O–H groups in total. The van der Waals surface area contributed by atoms with Crippen LogP contribution in [0.1, 0.15) is 12.0 Å². The average Bonchev–Trinajstić information content (AvgIpc) is 2.57. The van der Waals surface area contributed by atoms with Gasteiger partial charge < -0.3 is 4.90 Å². The molecule has 0 bridgehead atoms. The number of urea groups is 1. The lowest BCUT2D eigenvalue weighted by molar-refractivity contribution is 0.201. The first-order valence-corrected chi connectivity index (χ1v) is 5.93. The van der Waals surface area contributed by atoms with E-state index < -0.39 is 0 Å². The van der Waals surface area contributed by atoms with Gasteiger partial charge in [-0.3, -0.25) is 4.90 Å². The van der Waals surface area contributed by atoms with Gasteiger partial charge in [-0.05, 0) is 18.4 Å². The van der Waals surface area contributed by atoms with E-state index >= 15 is 0 Å². The zero-order valence-corrected chi connectivity index (χ0v) is 10.2. The van der Waals surface area contributed by atoms with Crippen LogP contribution in [-0.2, 0) is 6.42 Å². The second-order valence-corrected chi connectivity index (χ2v) is 4.45. The Balaban J connectivity index is 1.83. The van der Waals surface area contributed by atoms with Gasteiger partial charge in [0.05, 0.1) is 6.54 Å². The van der Waals surface area contributed by atoms with Gasteiger partial charge in [0.1, 0.15) is 0 Å². The zero-order valence-electron chi connectivity index (χ0n) is 10.2. The zero-order chi connectivity index (χ0) is 12.3. The maximum Gasteiger partial charge on any atom is 0.324 e. The molecule has 0 unspecified atom stereocenters. The summed E-state index contributed by atoms with van der Waals surface area (Å²) in [4.78, 5) is 15.2. The van der Waals surface area contributed by atoms with Gasteiger partial charge in [0, 0.05) is 19.3 Å². The summed E-state index contributed by atoms with van der Waals surface area (Å²) in [5.74, 6) is 0. The highest BCUT2D eigenvalue weighted by atomic mass is 16.2. The molecule has 3 nitrogen and oxygen atoms in total. The van der Waals surface area contributed by atoms with Crippen LogP contribution < -0.4 is 0 Å². The molecule has 1 aromatic carbocycles. The normalized spacial score (nSPS) is 15.8. The van der Waals surface area contributed by atoms with Crippen molar-refractivity contribution < 1.29 is 4.79 Å².